The van der Waals surface area contributed by atoms with Crippen LogP contribution in [0.2, 0.25) is 0 Å². The highest BCUT2D eigenvalue weighted by Gasteiger charge is 2.13. The Bertz CT molecular complexity index is 1020. The van der Waals surface area contributed by atoms with Crippen LogP contribution < -0.4 is 10.6 Å². The number of nitrogens with zero attached hydrogens (tertiary/aromatic N) is 3. The molecule has 1 aromatic carbocycles. The number of ether oxygens (including phenoxy) is 1. The maximum Gasteiger partial charge on any atom is 0.306 e. The number of benzene rings is 1. The largest absolute Gasteiger partial charge is 0.456 e. The van der Waals surface area contributed by atoms with Crippen LogP contribution in [0, 0.1) is 0 Å². The van der Waals surface area contributed by atoms with Gasteiger partial charge in [-0.05, 0) is 36.4 Å². The van der Waals surface area contributed by atoms with E-state index in [1.165, 1.54) is 7.05 Å². The molecule has 0 aliphatic heterocycles. The topological polar surface area (TPSA) is 136 Å². The molecule has 2 aromatic heterocycles. The molecule has 0 aliphatic rings. The number of rotatable bonds is 8. The van der Waals surface area contributed by atoms with Crippen LogP contribution in [0.25, 0.3) is 11.5 Å². The lowest BCUT2D eigenvalue weighted by atomic mass is 10.2. The van der Waals surface area contributed by atoms with Gasteiger partial charge < -0.3 is 19.9 Å². The predicted molar refractivity (Wildman–Crippen MR) is 105 cm³/mol. The summed E-state index contributed by atoms with van der Waals surface area (Å²) < 4.78 is 10.0. The molecular formula is C20H19N5O5. The third-order valence-electron chi connectivity index (χ3n) is 3.93. The molecule has 0 saturated heterocycles. The molecule has 154 valence electrons. The van der Waals surface area contributed by atoms with Crippen LogP contribution in [0.3, 0.4) is 0 Å². The van der Waals surface area contributed by atoms with Gasteiger partial charge in [-0.3, -0.25) is 19.4 Å². The molecule has 2 N–H and O–H groups in total. The lowest BCUT2D eigenvalue weighted by Crippen LogP contribution is -2.21. The maximum absolute atomic E-state index is 11.9. The van der Waals surface area contributed by atoms with Gasteiger partial charge in [0.2, 0.25) is 11.7 Å². The van der Waals surface area contributed by atoms with E-state index in [2.05, 4.69) is 25.8 Å². The first-order valence-corrected chi connectivity index (χ1v) is 9.07. The first kappa shape index (κ1) is 20.6. The molecule has 0 fully saturated rings. The minimum absolute atomic E-state index is 0.0159. The Morgan fingerprint density at radius 1 is 1.10 bits per heavy atom. The van der Waals surface area contributed by atoms with Crippen molar-refractivity contribution in [1.82, 2.24) is 20.4 Å². The van der Waals surface area contributed by atoms with Crippen LogP contribution >= 0.6 is 0 Å². The summed E-state index contributed by atoms with van der Waals surface area (Å²) in [4.78, 5) is 43.5. The lowest BCUT2D eigenvalue weighted by Gasteiger charge is -2.07. The number of carbonyl (C=O) groups is 3. The average Bonchev–Trinajstić information content (AvgIpc) is 3.26. The Hall–Kier alpha value is -4.08. The highest BCUT2D eigenvalue weighted by Crippen LogP contribution is 2.13. The SMILES string of the molecule is CNC(=O)c1ccc(NC(=O)COC(=O)CCc2nc(-c3ccccn3)no2)cc1. The van der Waals surface area contributed by atoms with Gasteiger partial charge in [0.1, 0.15) is 5.69 Å². The summed E-state index contributed by atoms with van der Waals surface area (Å²) in [5, 5.41) is 8.90. The fourth-order valence-electron chi connectivity index (χ4n) is 2.43. The minimum Gasteiger partial charge on any atom is -0.456 e. The highest BCUT2D eigenvalue weighted by atomic mass is 16.5. The van der Waals surface area contributed by atoms with Gasteiger partial charge in [0.15, 0.2) is 6.61 Å². The van der Waals surface area contributed by atoms with Crippen molar-refractivity contribution in [3.8, 4) is 11.5 Å². The molecule has 2 amide bonds. The quantitative estimate of drug-likeness (QED) is 0.536. The van der Waals surface area contributed by atoms with E-state index >= 15 is 0 Å². The Balaban J connectivity index is 1.41. The van der Waals surface area contributed by atoms with Gasteiger partial charge in [0.25, 0.3) is 11.8 Å². The zero-order valence-corrected chi connectivity index (χ0v) is 16.1. The van der Waals surface area contributed by atoms with E-state index in [9.17, 15) is 14.4 Å². The lowest BCUT2D eigenvalue weighted by molar-refractivity contribution is -0.147. The molecule has 3 rings (SSSR count). The monoisotopic (exact) mass is 409 g/mol. The third-order valence-corrected chi connectivity index (χ3v) is 3.93. The van der Waals surface area contributed by atoms with Crippen molar-refractivity contribution in [3.05, 3.63) is 60.1 Å². The molecule has 3 aromatic rings. The summed E-state index contributed by atoms with van der Waals surface area (Å²) in [6.07, 6.45) is 1.78. The van der Waals surface area contributed by atoms with Crippen molar-refractivity contribution in [2.45, 2.75) is 12.8 Å². The second-order valence-corrected chi connectivity index (χ2v) is 6.09. The van der Waals surface area contributed by atoms with E-state index in [1.807, 2.05) is 0 Å². The molecule has 0 bridgehead atoms. The van der Waals surface area contributed by atoms with Gasteiger partial charge in [0, 0.05) is 30.9 Å². The smallest absolute Gasteiger partial charge is 0.306 e. The van der Waals surface area contributed by atoms with Gasteiger partial charge in [-0.2, -0.15) is 4.98 Å². The van der Waals surface area contributed by atoms with E-state index in [0.717, 1.165) is 0 Å². The molecule has 0 saturated carbocycles. The zero-order valence-electron chi connectivity index (χ0n) is 16.1. The number of pyridine rings is 1. The van der Waals surface area contributed by atoms with Gasteiger partial charge in [-0.1, -0.05) is 11.2 Å². The summed E-state index contributed by atoms with van der Waals surface area (Å²) in [6.45, 7) is -0.431. The van der Waals surface area contributed by atoms with E-state index < -0.39 is 18.5 Å². The first-order valence-electron chi connectivity index (χ1n) is 9.07. The van der Waals surface area contributed by atoms with Crippen molar-refractivity contribution >= 4 is 23.5 Å². The zero-order chi connectivity index (χ0) is 21.3. The van der Waals surface area contributed by atoms with Crippen molar-refractivity contribution in [1.29, 1.82) is 0 Å². The fraction of sp³-hybridized carbons (Fsp3) is 0.200. The van der Waals surface area contributed by atoms with Crippen LogP contribution in [0.15, 0.2) is 53.2 Å². The Morgan fingerprint density at radius 2 is 1.90 bits per heavy atom. The summed E-state index contributed by atoms with van der Waals surface area (Å²) in [5.74, 6) is -0.687. The Kier molecular flexibility index (Phi) is 6.83. The van der Waals surface area contributed by atoms with Gasteiger partial charge in [0.05, 0.1) is 6.42 Å². The van der Waals surface area contributed by atoms with Crippen molar-refractivity contribution in [2.75, 3.05) is 19.0 Å². The second-order valence-electron chi connectivity index (χ2n) is 6.09. The molecule has 30 heavy (non-hydrogen) atoms. The molecule has 0 spiro atoms. The maximum atomic E-state index is 11.9. The number of aromatic nitrogens is 3. The van der Waals surface area contributed by atoms with Crippen LogP contribution in [-0.4, -0.2) is 46.6 Å². The number of nitrogens with one attached hydrogen (secondary N) is 2. The van der Waals surface area contributed by atoms with E-state index in [4.69, 9.17) is 9.26 Å². The first-order chi connectivity index (χ1) is 14.5. The van der Waals surface area contributed by atoms with E-state index in [1.54, 1.807) is 48.7 Å². The summed E-state index contributed by atoms with van der Waals surface area (Å²) >= 11 is 0. The fourth-order valence-corrected chi connectivity index (χ4v) is 2.43. The number of anilines is 1. The van der Waals surface area contributed by atoms with Crippen LogP contribution in [0.1, 0.15) is 22.7 Å². The second kappa shape index (κ2) is 9.92. The molecular weight excluding hydrogens is 390 g/mol. The molecule has 10 heteroatoms. The summed E-state index contributed by atoms with van der Waals surface area (Å²) in [7, 11) is 1.53. The third kappa shape index (κ3) is 5.71. The number of aryl methyl sites for hydroxylation is 1. The van der Waals surface area contributed by atoms with Crippen molar-refractivity contribution < 1.29 is 23.6 Å². The Morgan fingerprint density at radius 3 is 2.60 bits per heavy atom. The molecule has 0 unspecified atom stereocenters. The predicted octanol–water partition coefficient (Wildman–Crippen LogP) is 1.61. The van der Waals surface area contributed by atoms with Gasteiger partial charge >= 0.3 is 5.97 Å². The number of esters is 1. The van der Waals surface area contributed by atoms with Crippen LogP contribution in [0.5, 0.6) is 0 Å². The van der Waals surface area contributed by atoms with E-state index in [-0.39, 0.29) is 24.6 Å². The van der Waals surface area contributed by atoms with E-state index in [0.29, 0.717) is 22.8 Å². The standard InChI is InChI=1S/C20H19N5O5/c1-21-20(28)13-5-7-14(8-6-13)23-16(26)12-29-18(27)10-9-17-24-19(25-30-17)15-4-2-3-11-22-15/h2-8,11H,9-10,12H2,1H3,(H,21,28)(H,23,26). The number of amides is 2. The normalized spacial score (nSPS) is 10.3. The highest BCUT2D eigenvalue weighted by molar-refractivity contribution is 5.96. The number of hydrogen-bond acceptors (Lipinski definition) is 8. The molecule has 0 radical (unpaired) electrons. The Labute approximate surface area is 171 Å². The van der Waals surface area contributed by atoms with Crippen LogP contribution in [-0.2, 0) is 20.7 Å². The van der Waals surface area contributed by atoms with Crippen LogP contribution in [0.4, 0.5) is 5.69 Å². The van der Waals surface area contributed by atoms with Crippen molar-refractivity contribution in [2.24, 2.45) is 0 Å². The molecule has 2 heterocycles. The van der Waals surface area contributed by atoms with Gasteiger partial charge in [-0.25, -0.2) is 0 Å². The van der Waals surface area contributed by atoms with Gasteiger partial charge in [-0.15, -0.1) is 0 Å². The number of carbonyl (C=O) groups excluding carboxylic acids is 3. The average molecular weight is 409 g/mol. The number of hydrogen-bond donors (Lipinski definition) is 2. The summed E-state index contributed by atoms with van der Waals surface area (Å²) in [5.41, 5.74) is 1.51. The minimum atomic E-state index is -0.572. The molecule has 0 atom stereocenters. The molecule has 10 nitrogen and oxygen atoms in total. The van der Waals surface area contributed by atoms with Crippen molar-refractivity contribution in [3.63, 3.8) is 0 Å². The molecule has 0 aliphatic carbocycles. The summed E-state index contributed by atoms with van der Waals surface area (Å²) in [6, 6.07) is 11.6.